The Morgan fingerprint density at radius 1 is 0.810 bits per heavy atom. The number of anilines is 1. The molecular formula is C36H35N3O3. The lowest BCUT2D eigenvalue weighted by Gasteiger charge is -2.31. The molecule has 6 nitrogen and oxygen atoms in total. The topological polar surface area (TPSA) is 70.7 Å². The van der Waals surface area contributed by atoms with Gasteiger partial charge in [0.15, 0.2) is 5.78 Å². The molecule has 212 valence electrons. The highest BCUT2D eigenvalue weighted by Gasteiger charge is 2.64. The number of benzene rings is 4. The van der Waals surface area contributed by atoms with E-state index in [-0.39, 0.29) is 23.7 Å². The maximum absolute atomic E-state index is 14.8. The van der Waals surface area contributed by atoms with Gasteiger partial charge < -0.3 is 10.1 Å². The molecule has 4 aromatic rings. The van der Waals surface area contributed by atoms with Crippen molar-refractivity contribution in [2.75, 3.05) is 31.6 Å². The van der Waals surface area contributed by atoms with Crippen molar-refractivity contribution in [3.8, 4) is 5.75 Å². The molecule has 2 N–H and O–H groups in total. The zero-order valence-electron chi connectivity index (χ0n) is 23.5. The monoisotopic (exact) mass is 557 g/mol. The molecule has 0 radical (unpaired) electrons. The normalized spacial score (nSPS) is 25.0. The maximum atomic E-state index is 14.8. The molecule has 3 aliphatic heterocycles. The van der Waals surface area contributed by atoms with Crippen molar-refractivity contribution < 1.29 is 14.3 Å². The van der Waals surface area contributed by atoms with Crippen LogP contribution < -0.4 is 15.4 Å². The van der Waals surface area contributed by atoms with Crippen LogP contribution in [0.2, 0.25) is 0 Å². The van der Waals surface area contributed by atoms with Gasteiger partial charge in [0.2, 0.25) is 5.91 Å². The summed E-state index contributed by atoms with van der Waals surface area (Å²) in [7, 11) is 0. The molecule has 3 heterocycles. The number of amides is 1. The summed E-state index contributed by atoms with van der Waals surface area (Å²) in [5.41, 5.74) is 2.97. The lowest BCUT2D eigenvalue weighted by atomic mass is 9.69. The second kappa shape index (κ2) is 11.2. The molecular weight excluding hydrogens is 522 g/mol. The number of nitrogens with zero attached hydrogens (tertiary/aromatic N) is 1. The number of hydrogen-bond donors (Lipinski definition) is 2. The smallest absolute Gasteiger partial charge is 0.250 e. The molecule has 2 fully saturated rings. The van der Waals surface area contributed by atoms with Gasteiger partial charge in [-0.05, 0) is 67.4 Å². The molecule has 0 aliphatic carbocycles. The van der Waals surface area contributed by atoms with Crippen LogP contribution in [-0.4, -0.2) is 42.8 Å². The number of nitrogens with one attached hydrogen (secondary N) is 2. The van der Waals surface area contributed by atoms with E-state index in [1.807, 2.05) is 84.9 Å². The number of carbonyl (C=O) groups excluding carboxylic acids is 2. The first kappa shape index (κ1) is 26.6. The van der Waals surface area contributed by atoms with Crippen LogP contribution in [0.5, 0.6) is 5.75 Å². The standard InChI is InChI=1S/C36H35N3O3/c40-34(27-17-19-28(20-18-27)42-24-23-39-21-9-10-22-39)32-31(25-11-3-1-4-12-25)33(26-13-5-2-6-14-26)38-36(32)29-15-7-8-16-30(29)37-35(36)41/h1-8,11-20,31-33,38H,9-10,21-24H2,(H,37,41)/t31-,32?,33+,36?/m0/s1. The number of fused-ring (bicyclic) bond motifs is 2. The van der Waals surface area contributed by atoms with E-state index >= 15 is 0 Å². The molecule has 7 rings (SSSR count). The van der Waals surface area contributed by atoms with Gasteiger partial charge in [0.1, 0.15) is 17.9 Å². The van der Waals surface area contributed by atoms with Gasteiger partial charge in [-0.15, -0.1) is 0 Å². The molecule has 6 heteroatoms. The summed E-state index contributed by atoms with van der Waals surface area (Å²) in [6, 6.07) is 35.2. The van der Waals surface area contributed by atoms with Crippen molar-refractivity contribution >= 4 is 17.4 Å². The molecule has 0 bridgehead atoms. The Hall–Kier alpha value is -4.26. The largest absolute Gasteiger partial charge is 0.492 e. The molecule has 2 unspecified atom stereocenters. The molecule has 0 saturated carbocycles. The highest BCUT2D eigenvalue weighted by Crippen LogP contribution is 2.57. The second-order valence-electron chi connectivity index (χ2n) is 11.5. The molecule has 4 atom stereocenters. The van der Waals surface area contributed by atoms with Crippen LogP contribution in [0.1, 0.15) is 51.8 Å². The predicted molar refractivity (Wildman–Crippen MR) is 164 cm³/mol. The van der Waals surface area contributed by atoms with Gasteiger partial charge in [-0.3, -0.25) is 19.8 Å². The number of para-hydroxylation sites is 1. The Morgan fingerprint density at radius 2 is 1.45 bits per heavy atom. The summed E-state index contributed by atoms with van der Waals surface area (Å²) in [6.07, 6.45) is 2.51. The van der Waals surface area contributed by atoms with Gasteiger partial charge in [0, 0.05) is 35.3 Å². The highest BCUT2D eigenvalue weighted by molar-refractivity contribution is 6.12. The summed E-state index contributed by atoms with van der Waals surface area (Å²) < 4.78 is 6.02. The van der Waals surface area contributed by atoms with E-state index in [1.165, 1.54) is 12.8 Å². The second-order valence-corrected chi connectivity index (χ2v) is 11.5. The molecule has 1 amide bonds. The quantitative estimate of drug-likeness (QED) is 0.263. The van der Waals surface area contributed by atoms with E-state index < -0.39 is 11.5 Å². The Bertz CT molecular complexity index is 1570. The number of ketones is 1. The highest BCUT2D eigenvalue weighted by atomic mass is 16.5. The first-order chi connectivity index (χ1) is 20.6. The molecule has 0 aromatic heterocycles. The van der Waals surface area contributed by atoms with Gasteiger partial charge in [-0.25, -0.2) is 0 Å². The van der Waals surface area contributed by atoms with Crippen LogP contribution in [0, 0.1) is 5.92 Å². The fourth-order valence-corrected chi connectivity index (χ4v) is 7.18. The van der Waals surface area contributed by atoms with Crippen LogP contribution in [0.3, 0.4) is 0 Å². The van der Waals surface area contributed by atoms with Crippen LogP contribution in [0.25, 0.3) is 0 Å². The summed E-state index contributed by atoms with van der Waals surface area (Å²) >= 11 is 0. The Morgan fingerprint density at radius 3 is 2.17 bits per heavy atom. The minimum atomic E-state index is -1.22. The third kappa shape index (κ3) is 4.61. The Labute approximate surface area is 246 Å². The molecule has 1 spiro atoms. The molecule has 2 saturated heterocycles. The summed E-state index contributed by atoms with van der Waals surface area (Å²) in [5, 5.41) is 6.83. The third-order valence-electron chi connectivity index (χ3n) is 9.17. The predicted octanol–water partition coefficient (Wildman–Crippen LogP) is 5.94. The van der Waals surface area contributed by atoms with Crippen molar-refractivity contribution in [2.45, 2.75) is 30.3 Å². The zero-order valence-corrected chi connectivity index (χ0v) is 23.5. The van der Waals surface area contributed by atoms with Crippen LogP contribution in [-0.2, 0) is 10.3 Å². The summed E-state index contributed by atoms with van der Waals surface area (Å²) in [4.78, 5) is 31.3. The van der Waals surface area contributed by atoms with Crippen LogP contribution in [0.15, 0.2) is 109 Å². The third-order valence-corrected chi connectivity index (χ3v) is 9.17. The van der Waals surface area contributed by atoms with E-state index in [2.05, 4.69) is 39.8 Å². The van der Waals surface area contributed by atoms with Crippen molar-refractivity contribution in [1.29, 1.82) is 0 Å². The lowest BCUT2D eigenvalue weighted by molar-refractivity contribution is -0.122. The van der Waals surface area contributed by atoms with Crippen LogP contribution in [0.4, 0.5) is 5.69 Å². The fourth-order valence-electron chi connectivity index (χ4n) is 7.18. The summed E-state index contributed by atoms with van der Waals surface area (Å²) in [5.74, 6) is -0.477. The minimum Gasteiger partial charge on any atom is -0.492 e. The fraction of sp³-hybridized carbons (Fsp3) is 0.278. The van der Waals surface area contributed by atoms with Crippen molar-refractivity contribution in [3.63, 3.8) is 0 Å². The van der Waals surface area contributed by atoms with Crippen LogP contribution >= 0.6 is 0 Å². The van der Waals surface area contributed by atoms with E-state index in [0.717, 1.165) is 47.8 Å². The number of Topliss-reactive ketones (excluding diaryl/α,β-unsaturated/α-hetero) is 1. The minimum absolute atomic E-state index is 0.0646. The first-order valence-electron chi connectivity index (χ1n) is 14.9. The van der Waals surface area contributed by atoms with E-state index in [9.17, 15) is 9.59 Å². The van der Waals surface area contributed by atoms with Gasteiger partial charge >= 0.3 is 0 Å². The van der Waals surface area contributed by atoms with E-state index in [4.69, 9.17) is 4.74 Å². The zero-order chi connectivity index (χ0) is 28.5. The summed E-state index contributed by atoms with van der Waals surface area (Å²) in [6.45, 7) is 3.80. The number of carbonyl (C=O) groups is 2. The Kier molecular flexibility index (Phi) is 7.10. The molecule has 3 aliphatic rings. The van der Waals surface area contributed by atoms with Gasteiger partial charge in [0.05, 0.1) is 5.92 Å². The number of hydrogen-bond acceptors (Lipinski definition) is 5. The Balaban J connectivity index is 1.28. The van der Waals surface area contributed by atoms with E-state index in [1.54, 1.807) is 0 Å². The number of rotatable bonds is 8. The van der Waals surface area contributed by atoms with Crippen molar-refractivity contribution in [3.05, 3.63) is 131 Å². The maximum Gasteiger partial charge on any atom is 0.250 e. The molecule has 42 heavy (non-hydrogen) atoms. The van der Waals surface area contributed by atoms with Gasteiger partial charge in [0.25, 0.3) is 0 Å². The van der Waals surface area contributed by atoms with Crippen molar-refractivity contribution in [2.24, 2.45) is 5.92 Å². The number of ether oxygens (including phenoxy) is 1. The SMILES string of the molecule is O=C(c1ccc(OCCN2CCCC2)cc1)C1[C@H](c2ccccc2)[C@@H](c2ccccc2)NC12C(=O)Nc1ccccc12. The van der Waals surface area contributed by atoms with Crippen molar-refractivity contribution in [1.82, 2.24) is 10.2 Å². The average Bonchev–Trinajstić information content (AvgIpc) is 3.76. The average molecular weight is 558 g/mol. The van der Waals surface area contributed by atoms with Gasteiger partial charge in [-0.1, -0.05) is 78.9 Å². The van der Waals surface area contributed by atoms with E-state index in [0.29, 0.717) is 12.2 Å². The van der Waals surface area contributed by atoms with Gasteiger partial charge in [-0.2, -0.15) is 0 Å². The number of likely N-dealkylation sites (tertiary alicyclic amines) is 1. The molecule has 4 aromatic carbocycles. The first-order valence-corrected chi connectivity index (χ1v) is 14.9. The lowest BCUT2D eigenvalue weighted by Crippen LogP contribution is -2.50.